The van der Waals surface area contributed by atoms with E-state index in [0.717, 1.165) is 22.4 Å². The van der Waals surface area contributed by atoms with Gasteiger partial charge in [-0.15, -0.1) is 0 Å². The normalized spacial score (nSPS) is 17.5. The van der Waals surface area contributed by atoms with Crippen molar-refractivity contribution in [2.75, 3.05) is 33.3 Å². The number of nitrogens with zero attached hydrogens (tertiary/aromatic N) is 2. The van der Waals surface area contributed by atoms with Crippen molar-refractivity contribution < 1.29 is 23.9 Å². The van der Waals surface area contributed by atoms with Crippen LogP contribution in [0.5, 0.6) is 11.5 Å². The highest BCUT2D eigenvalue weighted by atomic mass is 32.2. The molecule has 2 aromatic rings. The standard InChI is InChI=1S/C26H31N3O5S/c1-27-24(30)21-11-17-12-22(33-2)23(34-3)13-18(17)15-29(21)26(32)20(9-10-35-4)28-14-16-7-5-6-8-19(16)25(28)31/h5-8,12-13,20-21H,9-11,14-15H2,1-4H3,(H,27,30)/t20-,21-/m0/s1. The topological polar surface area (TPSA) is 88.2 Å². The maximum Gasteiger partial charge on any atom is 0.255 e. The van der Waals surface area contributed by atoms with Crippen LogP contribution in [-0.2, 0) is 29.1 Å². The van der Waals surface area contributed by atoms with E-state index in [2.05, 4.69) is 5.32 Å². The number of rotatable bonds is 8. The number of amides is 3. The van der Waals surface area contributed by atoms with Crippen molar-refractivity contribution in [1.29, 1.82) is 0 Å². The van der Waals surface area contributed by atoms with Crippen molar-refractivity contribution in [3.63, 3.8) is 0 Å². The minimum atomic E-state index is -0.685. The molecular formula is C26H31N3O5S. The smallest absolute Gasteiger partial charge is 0.255 e. The fraction of sp³-hybridized carbons (Fsp3) is 0.423. The molecule has 0 spiro atoms. The molecule has 0 aliphatic carbocycles. The van der Waals surface area contributed by atoms with E-state index in [-0.39, 0.29) is 24.3 Å². The second-order valence-corrected chi connectivity index (χ2v) is 9.65. The number of likely N-dealkylation sites (N-methyl/N-ethyl adjacent to an activating group) is 1. The van der Waals surface area contributed by atoms with Gasteiger partial charge in [0, 0.05) is 32.1 Å². The molecule has 0 saturated carbocycles. The van der Waals surface area contributed by atoms with E-state index in [4.69, 9.17) is 9.47 Å². The summed E-state index contributed by atoms with van der Waals surface area (Å²) in [6.07, 6.45) is 2.84. The highest BCUT2D eigenvalue weighted by Gasteiger charge is 2.42. The SMILES string of the molecule is CNC(=O)[C@@H]1Cc2cc(OC)c(OC)cc2CN1C(=O)[C@H](CCSC)N1Cc2ccccc2C1=O. The third-order valence-corrected chi connectivity index (χ3v) is 7.42. The van der Waals surface area contributed by atoms with Crippen LogP contribution in [0.1, 0.15) is 33.5 Å². The highest BCUT2D eigenvalue weighted by Crippen LogP contribution is 2.36. The van der Waals surface area contributed by atoms with Gasteiger partial charge in [0.2, 0.25) is 11.8 Å². The van der Waals surface area contributed by atoms with E-state index in [9.17, 15) is 14.4 Å². The van der Waals surface area contributed by atoms with Gasteiger partial charge in [0.25, 0.3) is 5.91 Å². The Labute approximate surface area is 209 Å². The number of carbonyl (C=O) groups excluding carboxylic acids is 3. The summed E-state index contributed by atoms with van der Waals surface area (Å²) >= 11 is 1.63. The Morgan fingerprint density at radius 2 is 1.77 bits per heavy atom. The molecule has 1 N–H and O–H groups in total. The Bertz CT molecular complexity index is 1140. The van der Waals surface area contributed by atoms with Gasteiger partial charge in [0.05, 0.1) is 14.2 Å². The van der Waals surface area contributed by atoms with E-state index in [1.807, 2.05) is 36.6 Å². The maximum atomic E-state index is 14.1. The van der Waals surface area contributed by atoms with Crippen LogP contribution in [-0.4, -0.2) is 72.9 Å². The van der Waals surface area contributed by atoms with Crippen LogP contribution in [0, 0.1) is 0 Å². The Morgan fingerprint density at radius 3 is 2.40 bits per heavy atom. The highest BCUT2D eigenvalue weighted by molar-refractivity contribution is 7.98. The van der Waals surface area contributed by atoms with Crippen LogP contribution in [0.4, 0.5) is 0 Å². The quantitative estimate of drug-likeness (QED) is 0.603. The molecule has 186 valence electrons. The van der Waals surface area contributed by atoms with Crippen LogP contribution >= 0.6 is 11.8 Å². The molecule has 2 aromatic carbocycles. The van der Waals surface area contributed by atoms with Crippen molar-refractivity contribution in [1.82, 2.24) is 15.1 Å². The summed E-state index contributed by atoms with van der Waals surface area (Å²) in [5.41, 5.74) is 3.39. The van der Waals surface area contributed by atoms with Crippen LogP contribution < -0.4 is 14.8 Å². The lowest BCUT2D eigenvalue weighted by molar-refractivity contribution is -0.145. The second kappa shape index (κ2) is 10.6. The lowest BCUT2D eigenvalue weighted by Gasteiger charge is -2.39. The van der Waals surface area contributed by atoms with Crippen molar-refractivity contribution in [3.8, 4) is 11.5 Å². The van der Waals surface area contributed by atoms with E-state index in [1.165, 1.54) is 0 Å². The minimum absolute atomic E-state index is 0.139. The Balaban J connectivity index is 1.69. The van der Waals surface area contributed by atoms with E-state index in [1.54, 1.807) is 48.9 Å². The summed E-state index contributed by atoms with van der Waals surface area (Å²) < 4.78 is 10.9. The molecule has 2 aliphatic rings. The number of nitrogens with one attached hydrogen (secondary N) is 1. The maximum absolute atomic E-state index is 14.1. The zero-order valence-corrected chi connectivity index (χ0v) is 21.3. The number of hydrogen-bond acceptors (Lipinski definition) is 6. The molecule has 0 fully saturated rings. The molecule has 0 bridgehead atoms. The van der Waals surface area contributed by atoms with Gasteiger partial charge in [-0.25, -0.2) is 0 Å². The van der Waals surface area contributed by atoms with Gasteiger partial charge in [-0.05, 0) is 53.3 Å². The Kier molecular flexibility index (Phi) is 7.54. The number of benzene rings is 2. The molecule has 2 aliphatic heterocycles. The predicted octanol–water partition coefficient (Wildman–Crippen LogP) is 2.48. The third kappa shape index (κ3) is 4.69. The van der Waals surface area contributed by atoms with E-state index >= 15 is 0 Å². The first-order valence-electron chi connectivity index (χ1n) is 11.6. The van der Waals surface area contributed by atoms with Crippen molar-refractivity contribution in [2.45, 2.75) is 38.0 Å². The van der Waals surface area contributed by atoms with Gasteiger partial charge in [-0.3, -0.25) is 14.4 Å². The van der Waals surface area contributed by atoms with Gasteiger partial charge in [-0.2, -0.15) is 11.8 Å². The fourth-order valence-corrected chi connectivity index (χ4v) is 5.37. The van der Waals surface area contributed by atoms with Gasteiger partial charge < -0.3 is 24.6 Å². The van der Waals surface area contributed by atoms with Crippen LogP contribution in [0.2, 0.25) is 0 Å². The lowest BCUT2D eigenvalue weighted by atomic mass is 9.91. The van der Waals surface area contributed by atoms with Crippen LogP contribution in [0.3, 0.4) is 0 Å². The minimum Gasteiger partial charge on any atom is -0.493 e. The molecule has 35 heavy (non-hydrogen) atoms. The molecule has 8 nitrogen and oxygen atoms in total. The van der Waals surface area contributed by atoms with E-state index in [0.29, 0.717) is 36.4 Å². The summed E-state index contributed by atoms with van der Waals surface area (Å²) in [6.45, 7) is 0.636. The van der Waals surface area contributed by atoms with Crippen molar-refractivity contribution in [3.05, 3.63) is 58.7 Å². The summed E-state index contributed by atoms with van der Waals surface area (Å²) in [5.74, 6) is 1.28. The first kappa shape index (κ1) is 24.9. The van der Waals surface area contributed by atoms with Crippen molar-refractivity contribution >= 4 is 29.5 Å². The van der Waals surface area contributed by atoms with E-state index < -0.39 is 12.1 Å². The second-order valence-electron chi connectivity index (χ2n) is 8.66. The van der Waals surface area contributed by atoms with Gasteiger partial charge in [-0.1, -0.05) is 18.2 Å². The average Bonchev–Trinajstić information content (AvgIpc) is 3.22. The molecule has 2 atom stereocenters. The monoisotopic (exact) mass is 497 g/mol. The molecule has 4 rings (SSSR count). The Morgan fingerprint density at radius 1 is 1.09 bits per heavy atom. The molecule has 9 heteroatoms. The number of thioether (sulfide) groups is 1. The molecule has 3 amide bonds. The van der Waals surface area contributed by atoms with Gasteiger partial charge >= 0.3 is 0 Å². The number of fused-ring (bicyclic) bond motifs is 2. The third-order valence-electron chi connectivity index (χ3n) is 6.77. The molecule has 2 heterocycles. The number of ether oxygens (including phenoxy) is 2. The predicted molar refractivity (Wildman–Crippen MR) is 135 cm³/mol. The number of methoxy groups -OCH3 is 2. The summed E-state index contributed by atoms with van der Waals surface area (Å²) in [5, 5.41) is 2.70. The molecule has 0 unspecified atom stereocenters. The van der Waals surface area contributed by atoms with Gasteiger partial charge in [0.1, 0.15) is 12.1 Å². The first-order valence-corrected chi connectivity index (χ1v) is 13.0. The largest absolute Gasteiger partial charge is 0.493 e. The average molecular weight is 498 g/mol. The molecule has 0 aromatic heterocycles. The number of carbonyl (C=O) groups is 3. The summed E-state index contributed by atoms with van der Waals surface area (Å²) in [6, 6.07) is 9.86. The zero-order chi connectivity index (χ0) is 25.1. The zero-order valence-electron chi connectivity index (χ0n) is 20.5. The summed E-state index contributed by atoms with van der Waals surface area (Å²) in [7, 11) is 4.71. The molecule has 0 saturated heterocycles. The fourth-order valence-electron chi connectivity index (χ4n) is 4.91. The van der Waals surface area contributed by atoms with Gasteiger partial charge in [0.15, 0.2) is 11.5 Å². The lowest BCUT2D eigenvalue weighted by Crippen LogP contribution is -2.57. The van der Waals surface area contributed by atoms with Crippen LogP contribution in [0.25, 0.3) is 0 Å². The van der Waals surface area contributed by atoms with Crippen LogP contribution in [0.15, 0.2) is 36.4 Å². The number of hydrogen-bond donors (Lipinski definition) is 1. The molecular weight excluding hydrogens is 466 g/mol. The Hall–Kier alpha value is -3.20. The first-order chi connectivity index (χ1) is 16.9. The summed E-state index contributed by atoms with van der Waals surface area (Å²) in [4.78, 5) is 43.5. The van der Waals surface area contributed by atoms with Crippen molar-refractivity contribution in [2.24, 2.45) is 0 Å². The molecule has 0 radical (unpaired) electrons.